The van der Waals surface area contributed by atoms with E-state index in [1.807, 2.05) is 13.8 Å². The summed E-state index contributed by atoms with van der Waals surface area (Å²) in [6.07, 6.45) is 4.30. The lowest BCUT2D eigenvalue weighted by Crippen LogP contribution is -2.24. The molecule has 2 heterocycles. The van der Waals surface area contributed by atoms with Gasteiger partial charge in [-0.15, -0.1) is 0 Å². The average molecular weight is 326 g/mol. The van der Waals surface area contributed by atoms with Gasteiger partial charge in [-0.1, -0.05) is 6.92 Å². The molecular weight excluding hydrogens is 310 g/mol. The van der Waals surface area contributed by atoms with Crippen molar-refractivity contribution >= 4 is 21.6 Å². The molecule has 0 bridgehead atoms. The lowest BCUT2D eigenvalue weighted by atomic mass is 10.2. The van der Waals surface area contributed by atoms with Crippen LogP contribution in [0, 0.1) is 6.92 Å². The molecule has 0 saturated carbocycles. The topological polar surface area (TPSA) is 75.6 Å². The molecule has 0 unspecified atom stereocenters. The summed E-state index contributed by atoms with van der Waals surface area (Å²) in [5, 5.41) is 14.2. The zero-order valence-electron chi connectivity index (χ0n) is 10.9. The number of halogens is 1. The van der Waals surface area contributed by atoms with E-state index in [0.717, 1.165) is 17.7 Å². The van der Waals surface area contributed by atoms with Crippen LogP contribution in [0.1, 0.15) is 24.6 Å². The summed E-state index contributed by atoms with van der Waals surface area (Å²) in [7, 11) is 0. The highest BCUT2D eigenvalue weighted by Gasteiger charge is 2.09. The zero-order valence-corrected chi connectivity index (χ0v) is 12.5. The van der Waals surface area contributed by atoms with Crippen LogP contribution in [0.5, 0.6) is 0 Å². The monoisotopic (exact) mass is 325 g/mol. The van der Waals surface area contributed by atoms with Crippen molar-refractivity contribution in [3.05, 3.63) is 38.5 Å². The van der Waals surface area contributed by atoms with Crippen molar-refractivity contribution < 1.29 is 0 Å². The molecule has 0 atom stereocenters. The van der Waals surface area contributed by atoms with E-state index in [1.165, 1.54) is 4.68 Å². The van der Waals surface area contributed by atoms with Gasteiger partial charge >= 0.3 is 0 Å². The van der Waals surface area contributed by atoms with Crippen molar-refractivity contribution in [3.63, 3.8) is 0 Å². The van der Waals surface area contributed by atoms with Gasteiger partial charge in [0.2, 0.25) is 0 Å². The van der Waals surface area contributed by atoms with E-state index < -0.39 is 0 Å². The molecule has 2 aromatic heterocycles. The molecule has 2 aromatic rings. The fourth-order valence-electron chi connectivity index (χ4n) is 1.70. The highest BCUT2D eigenvalue weighted by molar-refractivity contribution is 9.10. The first-order valence-electron chi connectivity index (χ1n) is 6.11. The Balaban J connectivity index is 2.16. The second-order valence-electron chi connectivity index (χ2n) is 4.27. The molecule has 7 heteroatoms. The molecule has 6 nitrogen and oxygen atoms in total. The summed E-state index contributed by atoms with van der Waals surface area (Å²) in [5.74, 6) is 0. The van der Waals surface area contributed by atoms with Gasteiger partial charge in [-0.25, -0.2) is 4.68 Å². The van der Waals surface area contributed by atoms with Crippen LogP contribution in [0.2, 0.25) is 0 Å². The molecule has 0 radical (unpaired) electrons. The number of hydrogen-bond acceptors (Lipinski definition) is 4. The van der Waals surface area contributed by atoms with Crippen LogP contribution in [0.3, 0.4) is 0 Å². The summed E-state index contributed by atoms with van der Waals surface area (Å²) in [4.78, 5) is 12.0. The van der Waals surface area contributed by atoms with Crippen molar-refractivity contribution in [2.24, 2.45) is 0 Å². The number of hydrogen-bond donors (Lipinski definition) is 2. The fourth-order valence-corrected chi connectivity index (χ4v) is 2.15. The maximum absolute atomic E-state index is 12.0. The van der Waals surface area contributed by atoms with Gasteiger partial charge in [-0.3, -0.25) is 9.89 Å². The molecule has 2 N–H and O–H groups in total. The predicted octanol–water partition coefficient (Wildman–Crippen LogP) is 2.06. The van der Waals surface area contributed by atoms with E-state index in [9.17, 15) is 4.79 Å². The van der Waals surface area contributed by atoms with Crippen LogP contribution in [0.15, 0.2) is 21.7 Å². The summed E-state index contributed by atoms with van der Waals surface area (Å²) < 4.78 is 1.97. The summed E-state index contributed by atoms with van der Waals surface area (Å²) in [6.45, 7) is 5.19. The average Bonchev–Trinajstić information content (AvgIpc) is 2.80. The van der Waals surface area contributed by atoms with Gasteiger partial charge in [0.05, 0.1) is 18.1 Å². The first-order valence-corrected chi connectivity index (χ1v) is 6.91. The Labute approximate surface area is 119 Å². The molecule has 2 rings (SSSR count). The second-order valence-corrected chi connectivity index (χ2v) is 5.07. The van der Waals surface area contributed by atoms with Crippen LogP contribution in [-0.2, 0) is 13.1 Å². The first kappa shape index (κ1) is 13.8. The Morgan fingerprint density at radius 1 is 1.47 bits per heavy atom. The number of nitrogens with one attached hydrogen (secondary N) is 2. The normalized spacial score (nSPS) is 10.7. The third-order valence-electron chi connectivity index (χ3n) is 2.82. The van der Waals surface area contributed by atoms with Gasteiger partial charge in [0, 0.05) is 24.3 Å². The van der Waals surface area contributed by atoms with Crippen LogP contribution in [0.4, 0.5) is 5.69 Å². The van der Waals surface area contributed by atoms with Crippen molar-refractivity contribution in [1.82, 2.24) is 20.0 Å². The molecule has 0 aliphatic rings. The maximum atomic E-state index is 12.0. The number of nitrogens with zero attached hydrogens (tertiary/aromatic N) is 3. The van der Waals surface area contributed by atoms with Crippen molar-refractivity contribution in [3.8, 4) is 0 Å². The van der Waals surface area contributed by atoms with Crippen LogP contribution >= 0.6 is 15.9 Å². The Bertz CT molecular complexity index is 619. The summed E-state index contributed by atoms with van der Waals surface area (Å²) in [6, 6.07) is 0. The fraction of sp³-hybridized carbons (Fsp3) is 0.417. The Kier molecular flexibility index (Phi) is 4.36. The predicted molar refractivity (Wildman–Crippen MR) is 77.1 cm³/mol. The third kappa shape index (κ3) is 3.04. The van der Waals surface area contributed by atoms with Gasteiger partial charge in [-0.05, 0) is 29.3 Å². The largest absolute Gasteiger partial charge is 0.378 e. The molecule has 0 aliphatic carbocycles. The lowest BCUT2D eigenvalue weighted by Gasteiger charge is -2.09. The smallest absolute Gasteiger partial charge is 0.283 e. The third-order valence-corrected chi connectivity index (χ3v) is 3.59. The number of H-pyrrole nitrogens is 1. The molecular formula is C12H16BrN5O. The Morgan fingerprint density at radius 3 is 2.89 bits per heavy atom. The highest BCUT2D eigenvalue weighted by atomic mass is 79.9. The molecule has 0 fully saturated rings. The molecule has 0 aromatic carbocycles. The number of anilines is 1. The van der Waals surface area contributed by atoms with Gasteiger partial charge in [-0.2, -0.15) is 10.2 Å². The summed E-state index contributed by atoms with van der Waals surface area (Å²) >= 11 is 3.32. The highest BCUT2D eigenvalue weighted by Crippen LogP contribution is 2.17. The van der Waals surface area contributed by atoms with Crippen LogP contribution in [-0.4, -0.2) is 20.0 Å². The molecule has 0 spiro atoms. The van der Waals surface area contributed by atoms with Gasteiger partial charge in [0.25, 0.3) is 5.56 Å². The zero-order chi connectivity index (χ0) is 13.8. The number of rotatable bonds is 5. The van der Waals surface area contributed by atoms with Gasteiger partial charge < -0.3 is 5.32 Å². The van der Waals surface area contributed by atoms with Crippen molar-refractivity contribution in [1.29, 1.82) is 0 Å². The van der Waals surface area contributed by atoms with E-state index in [4.69, 9.17) is 0 Å². The van der Waals surface area contributed by atoms with E-state index in [0.29, 0.717) is 23.2 Å². The minimum atomic E-state index is -0.115. The molecule has 0 saturated heterocycles. The molecule has 0 amide bonds. The van der Waals surface area contributed by atoms with Gasteiger partial charge in [0.15, 0.2) is 0 Å². The van der Waals surface area contributed by atoms with Gasteiger partial charge in [0.1, 0.15) is 4.47 Å². The van der Waals surface area contributed by atoms with Crippen LogP contribution in [0.25, 0.3) is 0 Å². The Hall–Kier alpha value is -1.63. The standard InChI is InChI=1S/C12H16BrN5O/c1-3-4-18-12(19)11(13)10(7-16-18)14-5-9-6-15-17-8(9)2/h6-7,14H,3-5H2,1-2H3,(H,15,17). The number of aryl methyl sites for hydroxylation is 2. The lowest BCUT2D eigenvalue weighted by molar-refractivity contribution is 0.566. The van der Waals surface area contributed by atoms with E-state index >= 15 is 0 Å². The van der Waals surface area contributed by atoms with E-state index in [2.05, 4.69) is 36.5 Å². The van der Waals surface area contributed by atoms with Crippen molar-refractivity contribution in [2.45, 2.75) is 33.4 Å². The number of aromatic nitrogens is 4. The van der Waals surface area contributed by atoms with E-state index in [1.54, 1.807) is 12.4 Å². The Morgan fingerprint density at radius 2 is 2.26 bits per heavy atom. The maximum Gasteiger partial charge on any atom is 0.283 e. The molecule has 0 aliphatic heterocycles. The van der Waals surface area contributed by atoms with Crippen molar-refractivity contribution in [2.75, 3.05) is 5.32 Å². The summed E-state index contributed by atoms with van der Waals surface area (Å²) in [5.41, 5.74) is 2.65. The first-order chi connectivity index (χ1) is 9.13. The van der Waals surface area contributed by atoms with E-state index in [-0.39, 0.29) is 5.56 Å². The number of aromatic amines is 1. The SMILES string of the molecule is CCCn1ncc(NCc2cn[nH]c2C)c(Br)c1=O. The molecule has 102 valence electrons. The minimum absolute atomic E-state index is 0.115. The second kappa shape index (κ2) is 6.01. The minimum Gasteiger partial charge on any atom is -0.378 e. The quantitative estimate of drug-likeness (QED) is 0.882. The van der Waals surface area contributed by atoms with Crippen LogP contribution < -0.4 is 10.9 Å². The molecule has 19 heavy (non-hydrogen) atoms.